The Labute approximate surface area is 162 Å². The van der Waals surface area contributed by atoms with Gasteiger partial charge in [-0.3, -0.25) is 9.69 Å². The van der Waals surface area contributed by atoms with Crippen LogP contribution in [0.2, 0.25) is 0 Å². The molecule has 3 fully saturated rings. The predicted octanol–water partition coefficient (Wildman–Crippen LogP) is 3.63. The summed E-state index contributed by atoms with van der Waals surface area (Å²) in [6.45, 7) is 3.49. The van der Waals surface area contributed by atoms with E-state index in [0.717, 1.165) is 51.9 Å². The van der Waals surface area contributed by atoms with Gasteiger partial charge in [0, 0.05) is 37.4 Å². The van der Waals surface area contributed by atoms with Gasteiger partial charge in [0.15, 0.2) is 0 Å². The number of rotatable bonds is 6. The van der Waals surface area contributed by atoms with Crippen LogP contribution < -0.4 is 0 Å². The Morgan fingerprint density at radius 1 is 1.19 bits per heavy atom. The van der Waals surface area contributed by atoms with E-state index < -0.39 is 5.97 Å². The fourth-order valence-corrected chi connectivity index (χ4v) is 6.24. The van der Waals surface area contributed by atoms with E-state index in [9.17, 15) is 10.0 Å². The third-order valence-electron chi connectivity index (χ3n) is 7.20. The Hall–Kier alpha value is -1.43. The molecule has 5 heteroatoms. The molecule has 0 bridgehead atoms. The largest absolute Gasteiger partial charge is 0.633 e. The Bertz CT molecular complexity index is 648. The zero-order valence-corrected chi connectivity index (χ0v) is 16.1. The van der Waals surface area contributed by atoms with Crippen LogP contribution in [0.3, 0.4) is 0 Å². The van der Waals surface area contributed by atoms with Crippen molar-refractivity contribution in [2.24, 2.45) is 11.8 Å². The minimum absolute atomic E-state index is 0.0317. The Morgan fingerprint density at radius 3 is 2.67 bits per heavy atom. The summed E-state index contributed by atoms with van der Waals surface area (Å²) >= 11 is 0. The standard InChI is InChI=1S/C22H32N2O3/c25-21(26)12-4-11-20-19-10-6-14-24(27)13-5-9-18(22(19)24)16-23(20)15-17-7-2-1-3-8-17/h1-3,7-8,18-20,22H,4-6,9-16H2,(H,25,26)/t18-,19+,20?,22-,24?/m0/s1. The van der Waals surface area contributed by atoms with Gasteiger partial charge in [-0.1, -0.05) is 30.3 Å². The van der Waals surface area contributed by atoms with Gasteiger partial charge in [0.1, 0.15) is 0 Å². The molecule has 3 aliphatic rings. The molecule has 1 N–H and O–H groups in total. The van der Waals surface area contributed by atoms with Gasteiger partial charge in [-0.25, -0.2) is 0 Å². The lowest BCUT2D eigenvalue weighted by atomic mass is 9.68. The molecule has 4 rings (SSSR count). The number of carboxylic acids is 1. The van der Waals surface area contributed by atoms with Gasteiger partial charge in [-0.15, -0.1) is 0 Å². The van der Waals surface area contributed by atoms with Crippen molar-refractivity contribution in [2.75, 3.05) is 19.6 Å². The van der Waals surface area contributed by atoms with Gasteiger partial charge in [-0.05, 0) is 44.1 Å². The van der Waals surface area contributed by atoms with E-state index >= 15 is 0 Å². The first-order valence-corrected chi connectivity index (χ1v) is 10.6. The topological polar surface area (TPSA) is 63.6 Å². The minimum Gasteiger partial charge on any atom is -0.633 e. The number of hydroxylamine groups is 3. The molecule has 0 amide bonds. The van der Waals surface area contributed by atoms with Crippen LogP contribution in [0.15, 0.2) is 30.3 Å². The summed E-state index contributed by atoms with van der Waals surface area (Å²) < 4.78 is 0.0317. The van der Waals surface area contributed by atoms with Crippen molar-refractivity contribution >= 4 is 5.97 Å². The number of carbonyl (C=O) groups is 1. The quantitative estimate of drug-likeness (QED) is 0.612. The molecule has 3 heterocycles. The molecule has 0 aromatic heterocycles. The summed E-state index contributed by atoms with van der Waals surface area (Å²) in [5.74, 6) is 0.211. The number of aliphatic carboxylic acids is 1. The van der Waals surface area contributed by atoms with Gasteiger partial charge >= 0.3 is 5.97 Å². The Kier molecular flexibility index (Phi) is 5.53. The van der Waals surface area contributed by atoms with Crippen molar-refractivity contribution < 1.29 is 14.5 Å². The molecule has 0 spiro atoms. The number of nitrogens with zero attached hydrogens (tertiary/aromatic N) is 2. The van der Waals surface area contributed by atoms with Gasteiger partial charge in [-0.2, -0.15) is 0 Å². The normalized spacial score (nSPS) is 36.2. The molecule has 2 unspecified atom stereocenters. The van der Waals surface area contributed by atoms with E-state index in [2.05, 4.69) is 29.2 Å². The molecule has 27 heavy (non-hydrogen) atoms. The first kappa shape index (κ1) is 18.9. The fourth-order valence-electron chi connectivity index (χ4n) is 6.24. The average Bonchev–Trinajstić information content (AvgIpc) is 2.64. The summed E-state index contributed by atoms with van der Waals surface area (Å²) in [5.41, 5.74) is 1.31. The number of hydrogen-bond donors (Lipinski definition) is 1. The van der Waals surface area contributed by atoms with E-state index in [1.807, 2.05) is 6.07 Å². The Balaban J connectivity index is 1.57. The van der Waals surface area contributed by atoms with Crippen LogP contribution >= 0.6 is 0 Å². The first-order chi connectivity index (χ1) is 13.1. The predicted molar refractivity (Wildman–Crippen MR) is 105 cm³/mol. The van der Waals surface area contributed by atoms with Gasteiger partial charge in [0.25, 0.3) is 0 Å². The summed E-state index contributed by atoms with van der Waals surface area (Å²) in [4.78, 5) is 13.6. The number of quaternary nitrogens is 1. The van der Waals surface area contributed by atoms with Crippen LogP contribution in [0.25, 0.3) is 0 Å². The van der Waals surface area contributed by atoms with E-state index in [0.29, 0.717) is 24.3 Å². The van der Waals surface area contributed by atoms with E-state index in [-0.39, 0.29) is 17.1 Å². The SMILES string of the molecule is O=C(O)CCCC1[C@H]2CCC[N+]3([O-])CCC[C@@H](CN1Cc1ccccc1)[C@@H]23. The highest BCUT2D eigenvalue weighted by atomic mass is 16.5. The van der Waals surface area contributed by atoms with Crippen LogP contribution in [0.5, 0.6) is 0 Å². The van der Waals surface area contributed by atoms with Crippen LogP contribution in [0, 0.1) is 17.0 Å². The smallest absolute Gasteiger partial charge is 0.303 e. The molecule has 5 nitrogen and oxygen atoms in total. The lowest BCUT2D eigenvalue weighted by Gasteiger charge is -2.64. The highest BCUT2D eigenvalue weighted by Crippen LogP contribution is 2.47. The summed E-state index contributed by atoms with van der Waals surface area (Å²) in [6, 6.07) is 11.2. The van der Waals surface area contributed by atoms with Gasteiger partial charge < -0.3 is 15.0 Å². The van der Waals surface area contributed by atoms with Crippen molar-refractivity contribution in [1.29, 1.82) is 0 Å². The molecule has 3 aliphatic heterocycles. The maximum absolute atomic E-state index is 13.5. The highest BCUT2D eigenvalue weighted by molar-refractivity contribution is 5.66. The molecule has 0 saturated carbocycles. The van der Waals surface area contributed by atoms with Crippen LogP contribution in [0.4, 0.5) is 0 Å². The van der Waals surface area contributed by atoms with E-state index in [1.165, 1.54) is 12.0 Å². The molecule has 148 valence electrons. The summed E-state index contributed by atoms with van der Waals surface area (Å²) in [7, 11) is 0. The molecule has 0 aliphatic carbocycles. The minimum atomic E-state index is -0.714. The number of likely N-dealkylation sites (tertiary alicyclic amines) is 1. The number of benzene rings is 1. The maximum atomic E-state index is 13.5. The van der Waals surface area contributed by atoms with Crippen molar-refractivity contribution in [3.8, 4) is 0 Å². The molecule has 5 atom stereocenters. The molecule has 0 radical (unpaired) electrons. The second kappa shape index (κ2) is 7.90. The lowest BCUT2D eigenvalue weighted by Crippen LogP contribution is -2.70. The third-order valence-corrected chi connectivity index (χ3v) is 7.20. The van der Waals surface area contributed by atoms with Crippen molar-refractivity contribution in [3.05, 3.63) is 41.1 Å². The molecular weight excluding hydrogens is 340 g/mol. The molecule has 3 saturated heterocycles. The van der Waals surface area contributed by atoms with Crippen LogP contribution in [0.1, 0.15) is 50.5 Å². The van der Waals surface area contributed by atoms with Crippen molar-refractivity contribution in [1.82, 2.24) is 4.90 Å². The molecule has 1 aromatic rings. The number of piperidine rings is 3. The second-order valence-corrected chi connectivity index (χ2v) is 8.87. The third kappa shape index (κ3) is 3.91. The maximum Gasteiger partial charge on any atom is 0.303 e. The average molecular weight is 373 g/mol. The second-order valence-electron chi connectivity index (χ2n) is 8.87. The number of carboxylic acid groups (broad SMARTS) is 1. The van der Waals surface area contributed by atoms with E-state index in [4.69, 9.17) is 5.11 Å². The summed E-state index contributed by atoms with van der Waals surface area (Å²) in [6.07, 6.45) is 6.22. The van der Waals surface area contributed by atoms with Crippen LogP contribution in [-0.2, 0) is 11.3 Å². The van der Waals surface area contributed by atoms with Crippen LogP contribution in [-0.4, -0.2) is 52.3 Å². The van der Waals surface area contributed by atoms with Crippen molar-refractivity contribution in [2.45, 2.75) is 63.6 Å². The van der Waals surface area contributed by atoms with Gasteiger partial charge in [0.2, 0.25) is 0 Å². The monoisotopic (exact) mass is 372 g/mol. The van der Waals surface area contributed by atoms with Gasteiger partial charge in [0.05, 0.1) is 19.1 Å². The van der Waals surface area contributed by atoms with E-state index in [1.54, 1.807) is 0 Å². The number of hydrogen-bond acceptors (Lipinski definition) is 3. The first-order valence-electron chi connectivity index (χ1n) is 10.6. The van der Waals surface area contributed by atoms with Crippen molar-refractivity contribution in [3.63, 3.8) is 0 Å². The molecular formula is C22H32N2O3. The highest BCUT2D eigenvalue weighted by Gasteiger charge is 2.53. The zero-order chi connectivity index (χ0) is 18.9. The zero-order valence-electron chi connectivity index (χ0n) is 16.1. The summed E-state index contributed by atoms with van der Waals surface area (Å²) in [5, 5.41) is 22.6. The fraction of sp³-hybridized carbons (Fsp3) is 0.682. The molecule has 1 aromatic carbocycles. The Morgan fingerprint density at radius 2 is 1.93 bits per heavy atom. The lowest BCUT2D eigenvalue weighted by molar-refractivity contribution is -0.926.